The summed E-state index contributed by atoms with van der Waals surface area (Å²) in [6.07, 6.45) is -2.40. The van der Waals surface area contributed by atoms with E-state index < -0.39 is 6.29 Å². The number of piperidine rings is 1. The molecule has 1 aromatic carbocycles. The van der Waals surface area contributed by atoms with Crippen LogP contribution in [-0.2, 0) is 4.79 Å². The van der Waals surface area contributed by atoms with Crippen LogP contribution in [0.25, 0.3) is 0 Å². The van der Waals surface area contributed by atoms with Gasteiger partial charge in [0.1, 0.15) is 0 Å². The number of benzene rings is 1. The zero-order valence-electron chi connectivity index (χ0n) is 14.0. The molecule has 0 spiro atoms. The third-order valence-electron chi connectivity index (χ3n) is 4.48. The highest BCUT2D eigenvalue weighted by Gasteiger charge is 2.43. The number of amides is 1. The fourth-order valence-corrected chi connectivity index (χ4v) is 3.22. The van der Waals surface area contributed by atoms with Crippen LogP contribution >= 0.6 is 11.6 Å². The lowest BCUT2D eigenvalue weighted by atomic mass is 9.96. The minimum atomic E-state index is -3.68. The van der Waals surface area contributed by atoms with E-state index in [9.17, 15) is 13.6 Å². The highest BCUT2D eigenvalue weighted by Crippen LogP contribution is 2.42. The van der Waals surface area contributed by atoms with Gasteiger partial charge >= 0.3 is 6.29 Å². The van der Waals surface area contributed by atoms with Crippen LogP contribution < -0.4 is 19.7 Å². The average molecular weight is 397 g/mol. The van der Waals surface area contributed by atoms with Crippen LogP contribution in [0.3, 0.4) is 0 Å². The van der Waals surface area contributed by atoms with Gasteiger partial charge in [0.05, 0.1) is 0 Å². The number of fused-ring (bicyclic) bond motifs is 1. The number of halogens is 3. The predicted octanol–water partition coefficient (Wildman–Crippen LogP) is 3.31. The maximum Gasteiger partial charge on any atom is 0.586 e. The lowest BCUT2D eigenvalue weighted by Crippen LogP contribution is -2.38. The van der Waals surface area contributed by atoms with E-state index in [1.807, 2.05) is 4.90 Å². The van der Waals surface area contributed by atoms with Crippen molar-refractivity contribution in [1.82, 2.24) is 10.2 Å². The topological polar surface area (TPSA) is 76.6 Å². The number of rotatable bonds is 3. The van der Waals surface area contributed by atoms with Crippen LogP contribution in [0.15, 0.2) is 30.3 Å². The third-order valence-corrected chi connectivity index (χ3v) is 4.68. The number of hydrogen-bond donors (Lipinski definition) is 1. The monoisotopic (exact) mass is 396 g/mol. The zero-order valence-corrected chi connectivity index (χ0v) is 14.7. The molecule has 0 aliphatic carbocycles. The Kier molecular flexibility index (Phi) is 4.47. The van der Waals surface area contributed by atoms with Crippen LogP contribution in [0.2, 0.25) is 5.15 Å². The van der Waals surface area contributed by atoms with E-state index in [0.717, 1.165) is 5.82 Å². The number of aromatic nitrogens is 2. The first-order valence-electron chi connectivity index (χ1n) is 8.34. The lowest BCUT2D eigenvalue weighted by molar-refractivity contribution is -0.286. The molecule has 0 bridgehead atoms. The van der Waals surface area contributed by atoms with Crippen LogP contribution in [0.4, 0.5) is 20.3 Å². The highest BCUT2D eigenvalue weighted by atomic mass is 35.5. The molecule has 142 valence electrons. The maximum atomic E-state index is 13.1. The summed E-state index contributed by atoms with van der Waals surface area (Å²) in [5, 5.41) is 10.9. The van der Waals surface area contributed by atoms with Gasteiger partial charge in [-0.25, -0.2) is 0 Å². The Morgan fingerprint density at radius 3 is 2.59 bits per heavy atom. The summed E-state index contributed by atoms with van der Waals surface area (Å²) in [5.74, 6) is 0.204. The van der Waals surface area contributed by atoms with E-state index in [1.54, 1.807) is 12.1 Å². The van der Waals surface area contributed by atoms with Gasteiger partial charge in [-0.3, -0.25) is 4.79 Å². The number of hydrogen-bond acceptors (Lipinski definition) is 6. The molecule has 0 unspecified atom stereocenters. The van der Waals surface area contributed by atoms with Gasteiger partial charge in [0, 0.05) is 30.8 Å². The van der Waals surface area contributed by atoms with Crippen molar-refractivity contribution in [3.8, 4) is 11.5 Å². The molecule has 2 aliphatic heterocycles. The van der Waals surface area contributed by atoms with Gasteiger partial charge < -0.3 is 19.7 Å². The van der Waals surface area contributed by atoms with E-state index >= 15 is 0 Å². The van der Waals surface area contributed by atoms with Crippen LogP contribution in [0.5, 0.6) is 11.5 Å². The quantitative estimate of drug-likeness (QED) is 0.857. The molecule has 3 heterocycles. The molecule has 10 heteroatoms. The summed E-state index contributed by atoms with van der Waals surface area (Å²) < 4.78 is 34.9. The maximum absolute atomic E-state index is 13.1. The molecular weight excluding hydrogens is 382 g/mol. The first-order valence-corrected chi connectivity index (χ1v) is 8.72. The lowest BCUT2D eigenvalue weighted by Gasteiger charge is -2.31. The first-order chi connectivity index (χ1) is 12.9. The molecule has 7 nitrogen and oxygen atoms in total. The van der Waals surface area contributed by atoms with E-state index in [-0.39, 0.29) is 23.3 Å². The highest BCUT2D eigenvalue weighted by molar-refractivity contribution is 6.29. The molecule has 27 heavy (non-hydrogen) atoms. The van der Waals surface area contributed by atoms with Crippen molar-refractivity contribution in [3.63, 3.8) is 0 Å². The normalized spacial score (nSPS) is 18.4. The van der Waals surface area contributed by atoms with E-state index in [0.29, 0.717) is 36.8 Å². The van der Waals surface area contributed by atoms with Crippen molar-refractivity contribution in [2.24, 2.45) is 5.92 Å². The standard InChI is InChI=1S/C17H15ClF2N4O3/c18-14-3-4-15(23-22-14)24-7-5-10(6-8-24)16(25)21-11-1-2-12-13(9-11)27-17(19,20)26-12/h1-4,9-10H,5-8H2,(H,21,25). The zero-order chi connectivity index (χ0) is 19.0. The van der Waals surface area contributed by atoms with Crippen LogP contribution in [0, 0.1) is 5.92 Å². The Morgan fingerprint density at radius 2 is 1.89 bits per heavy atom. The van der Waals surface area contributed by atoms with Gasteiger partial charge in [0.15, 0.2) is 22.5 Å². The van der Waals surface area contributed by atoms with E-state index in [1.165, 1.54) is 18.2 Å². The molecule has 0 radical (unpaired) electrons. The molecule has 0 atom stereocenters. The molecule has 2 aromatic rings. The minimum Gasteiger partial charge on any atom is -0.395 e. The number of nitrogens with one attached hydrogen (secondary N) is 1. The Hall–Kier alpha value is -2.68. The summed E-state index contributed by atoms with van der Waals surface area (Å²) in [4.78, 5) is 14.5. The minimum absolute atomic E-state index is 0.0598. The first kappa shape index (κ1) is 17.7. The molecule has 1 fully saturated rings. The molecule has 1 aromatic heterocycles. The Morgan fingerprint density at radius 1 is 1.15 bits per heavy atom. The summed E-state index contributed by atoms with van der Waals surface area (Å²) in [6, 6.07) is 7.63. The second-order valence-corrected chi connectivity index (χ2v) is 6.68. The third kappa shape index (κ3) is 3.87. The molecule has 4 rings (SSSR count). The van der Waals surface area contributed by atoms with Gasteiger partial charge in [-0.05, 0) is 37.1 Å². The number of carbonyl (C=O) groups excluding carboxylic acids is 1. The number of ether oxygens (including phenoxy) is 2. The van der Waals surface area contributed by atoms with Crippen molar-refractivity contribution in [2.45, 2.75) is 19.1 Å². The second-order valence-electron chi connectivity index (χ2n) is 6.29. The van der Waals surface area contributed by atoms with Crippen molar-refractivity contribution in [1.29, 1.82) is 0 Å². The Labute approximate surface area is 158 Å². The SMILES string of the molecule is O=C(Nc1ccc2c(c1)OC(F)(F)O2)C1CCN(c2ccc(Cl)nn2)CC1. The van der Waals surface area contributed by atoms with Gasteiger partial charge in [-0.2, -0.15) is 0 Å². The number of nitrogens with zero attached hydrogens (tertiary/aromatic N) is 3. The number of alkyl halides is 2. The molecule has 2 aliphatic rings. The second kappa shape index (κ2) is 6.80. The van der Waals surface area contributed by atoms with E-state index in [2.05, 4.69) is 25.0 Å². The van der Waals surface area contributed by atoms with Gasteiger partial charge in [-0.1, -0.05) is 11.6 Å². The molecule has 1 N–H and O–H groups in total. The van der Waals surface area contributed by atoms with Crippen molar-refractivity contribution in [3.05, 3.63) is 35.5 Å². The van der Waals surface area contributed by atoms with Gasteiger partial charge in [-0.15, -0.1) is 19.0 Å². The average Bonchev–Trinajstić information content (AvgIpc) is 2.95. The van der Waals surface area contributed by atoms with Crippen LogP contribution in [-0.4, -0.2) is 35.5 Å². The molecular formula is C17H15ClF2N4O3. The largest absolute Gasteiger partial charge is 0.586 e. The number of anilines is 2. The summed E-state index contributed by atoms with van der Waals surface area (Å²) >= 11 is 5.74. The molecule has 1 saturated heterocycles. The fraction of sp³-hybridized carbons (Fsp3) is 0.353. The van der Waals surface area contributed by atoms with Crippen molar-refractivity contribution >= 4 is 29.0 Å². The van der Waals surface area contributed by atoms with Crippen LogP contribution in [0.1, 0.15) is 12.8 Å². The molecule has 1 amide bonds. The van der Waals surface area contributed by atoms with Gasteiger partial charge in [0.2, 0.25) is 5.91 Å². The van der Waals surface area contributed by atoms with E-state index in [4.69, 9.17) is 11.6 Å². The summed E-state index contributed by atoms with van der Waals surface area (Å²) in [5.41, 5.74) is 0.381. The Balaban J connectivity index is 1.34. The predicted molar refractivity (Wildman–Crippen MR) is 93.3 cm³/mol. The fourth-order valence-electron chi connectivity index (χ4n) is 3.12. The van der Waals surface area contributed by atoms with Crippen molar-refractivity contribution < 1.29 is 23.0 Å². The van der Waals surface area contributed by atoms with Crippen molar-refractivity contribution in [2.75, 3.05) is 23.3 Å². The Bertz CT molecular complexity index is 858. The molecule has 0 saturated carbocycles. The number of carbonyl (C=O) groups is 1. The summed E-state index contributed by atoms with van der Waals surface area (Å²) in [7, 11) is 0. The summed E-state index contributed by atoms with van der Waals surface area (Å²) in [6.45, 7) is 1.31. The van der Waals surface area contributed by atoms with Gasteiger partial charge in [0.25, 0.3) is 0 Å². The smallest absolute Gasteiger partial charge is 0.395 e.